The van der Waals surface area contributed by atoms with Crippen molar-refractivity contribution in [2.24, 2.45) is 0 Å². The zero-order valence-electron chi connectivity index (χ0n) is 15.1. The van der Waals surface area contributed by atoms with Gasteiger partial charge in [-0.2, -0.15) is 0 Å². The van der Waals surface area contributed by atoms with Gasteiger partial charge in [0.25, 0.3) is 0 Å². The molecule has 146 valence electrons. The van der Waals surface area contributed by atoms with Crippen molar-refractivity contribution in [3.8, 4) is 11.6 Å². The van der Waals surface area contributed by atoms with E-state index in [1.165, 1.54) is 36.7 Å². The van der Waals surface area contributed by atoms with Crippen LogP contribution in [0.3, 0.4) is 0 Å². The number of furan rings is 1. The number of carbonyl (C=O) groups is 1. The maximum atomic E-state index is 12.9. The third-order valence-corrected chi connectivity index (χ3v) is 3.86. The van der Waals surface area contributed by atoms with Crippen molar-refractivity contribution in [2.75, 3.05) is 5.32 Å². The fourth-order valence-electron chi connectivity index (χ4n) is 2.52. The third-order valence-electron chi connectivity index (χ3n) is 3.86. The average molecular weight is 385 g/mol. The number of rotatable bonds is 7. The Morgan fingerprint density at radius 3 is 2.68 bits per heavy atom. The molecule has 0 unspecified atom stereocenters. The number of halogens is 1. The Bertz CT molecular complexity index is 883. The lowest BCUT2D eigenvalue weighted by atomic mass is 10.1. The van der Waals surface area contributed by atoms with Crippen LogP contribution in [0.25, 0.3) is 0 Å². The van der Waals surface area contributed by atoms with Gasteiger partial charge in [0.15, 0.2) is 0 Å². The zero-order chi connectivity index (χ0) is 19.9. The SMILES string of the molecule is C[C@@H](C[C@@H](O)c1ccco1)NC(=O)Nc1ccc(Oc2ccc(F)cc2)nc1. The molecule has 0 spiro atoms. The van der Waals surface area contributed by atoms with Crippen LogP contribution >= 0.6 is 0 Å². The van der Waals surface area contributed by atoms with Crippen LogP contribution in [0.5, 0.6) is 11.6 Å². The van der Waals surface area contributed by atoms with Crippen LogP contribution in [-0.2, 0) is 0 Å². The van der Waals surface area contributed by atoms with E-state index in [1.54, 1.807) is 31.2 Å². The van der Waals surface area contributed by atoms with E-state index in [4.69, 9.17) is 9.15 Å². The van der Waals surface area contributed by atoms with Gasteiger partial charge in [-0.15, -0.1) is 0 Å². The second-order valence-electron chi connectivity index (χ2n) is 6.21. The molecule has 3 N–H and O–H groups in total. The van der Waals surface area contributed by atoms with Crippen LogP contribution < -0.4 is 15.4 Å². The summed E-state index contributed by atoms with van der Waals surface area (Å²) in [7, 11) is 0. The van der Waals surface area contributed by atoms with E-state index in [0.717, 1.165) is 0 Å². The normalized spacial score (nSPS) is 12.8. The second-order valence-corrected chi connectivity index (χ2v) is 6.21. The summed E-state index contributed by atoms with van der Waals surface area (Å²) in [5.74, 6) is 0.871. The zero-order valence-corrected chi connectivity index (χ0v) is 15.1. The molecule has 0 aliphatic carbocycles. The summed E-state index contributed by atoms with van der Waals surface area (Å²) in [5.41, 5.74) is 0.475. The first-order chi connectivity index (χ1) is 13.5. The molecule has 3 rings (SSSR count). The highest BCUT2D eigenvalue weighted by atomic mass is 19.1. The predicted octanol–water partition coefficient (Wildman–Crippen LogP) is 4.24. The number of aliphatic hydroxyl groups excluding tert-OH is 1. The van der Waals surface area contributed by atoms with Crippen LogP contribution in [0.1, 0.15) is 25.2 Å². The molecule has 0 radical (unpaired) electrons. The van der Waals surface area contributed by atoms with E-state index in [0.29, 0.717) is 29.5 Å². The first-order valence-corrected chi connectivity index (χ1v) is 8.68. The molecule has 0 aliphatic rings. The number of amides is 2. The fraction of sp³-hybridized carbons (Fsp3) is 0.200. The van der Waals surface area contributed by atoms with Gasteiger partial charge >= 0.3 is 6.03 Å². The fourth-order valence-corrected chi connectivity index (χ4v) is 2.52. The number of benzene rings is 1. The van der Waals surface area contributed by atoms with E-state index in [-0.39, 0.29) is 11.9 Å². The molecular weight excluding hydrogens is 365 g/mol. The van der Waals surface area contributed by atoms with Crippen molar-refractivity contribution in [1.82, 2.24) is 10.3 Å². The number of nitrogens with one attached hydrogen (secondary N) is 2. The molecule has 0 fully saturated rings. The largest absolute Gasteiger partial charge is 0.467 e. The number of ether oxygens (including phenoxy) is 1. The van der Waals surface area contributed by atoms with Gasteiger partial charge in [0, 0.05) is 18.5 Å². The molecule has 2 atom stereocenters. The molecule has 2 heterocycles. The van der Waals surface area contributed by atoms with Gasteiger partial charge in [-0.1, -0.05) is 0 Å². The van der Waals surface area contributed by atoms with Crippen molar-refractivity contribution in [3.63, 3.8) is 0 Å². The van der Waals surface area contributed by atoms with Gasteiger partial charge in [-0.25, -0.2) is 14.2 Å². The monoisotopic (exact) mass is 385 g/mol. The summed E-state index contributed by atoms with van der Waals surface area (Å²) in [6.07, 6.45) is 2.44. The molecule has 0 bridgehead atoms. The van der Waals surface area contributed by atoms with Gasteiger partial charge < -0.3 is 24.9 Å². The lowest BCUT2D eigenvalue weighted by Gasteiger charge is -2.17. The summed E-state index contributed by atoms with van der Waals surface area (Å²) >= 11 is 0. The average Bonchev–Trinajstić information content (AvgIpc) is 3.20. The molecule has 0 aliphatic heterocycles. The van der Waals surface area contributed by atoms with E-state index >= 15 is 0 Å². The van der Waals surface area contributed by atoms with Gasteiger partial charge in [-0.3, -0.25) is 0 Å². The Balaban J connectivity index is 1.47. The number of nitrogens with zero attached hydrogens (tertiary/aromatic N) is 1. The highest BCUT2D eigenvalue weighted by Crippen LogP contribution is 2.21. The Kier molecular flexibility index (Phi) is 6.23. The van der Waals surface area contributed by atoms with Crippen molar-refractivity contribution in [1.29, 1.82) is 0 Å². The Hall–Kier alpha value is -3.39. The van der Waals surface area contributed by atoms with Gasteiger partial charge in [0.1, 0.15) is 23.4 Å². The minimum Gasteiger partial charge on any atom is -0.467 e. The van der Waals surface area contributed by atoms with Crippen molar-refractivity contribution < 1.29 is 23.4 Å². The predicted molar refractivity (Wildman–Crippen MR) is 101 cm³/mol. The number of carbonyl (C=O) groups excluding carboxylic acids is 1. The maximum absolute atomic E-state index is 12.9. The Morgan fingerprint density at radius 2 is 2.04 bits per heavy atom. The highest BCUT2D eigenvalue weighted by Gasteiger charge is 2.16. The summed E-state index contributed by atoms with van der Waals surface area (Å²) < 4.78 is 23.5. The van der Waals surface area contributed by atoms with Crippen LogP contribution in [0.15, 0.2) is 65.4 Å². The molecule has 2 aromatic heterocycles. The molecule has 28 heavy (non-hydrogen) atoms. The minimum atomic E-state index is -0.796. The molecular formula is C20H20FN3O4. The van der Waals surface area contributed by atoms with Crippen molar-refractivity contribution in [3.05, 3.63) is 72.6 Å². The molecule has 0 saturated carbocycles. The van der Waals surface area contributed by atoms with E-state index < -0.39 is 12.1 Å². The Labute approximate surface area is 161 Å². The van der Waals surface area contributed by atoms with Crippen LogP contribution in [-0.4, -0.2) is 22.2 Å². The quantitative estimate of drug-likeness (QED) is 0.565. The Morgan fingerprint density at radius 1 is 1.25 bits per heavy atom. The number of aliphatic hydroxyl groups is 1. The standard InChI is InChI=1S/C20H20FN3O4/c1-13(11-17(25)18-3-2-10-27-18)23-20(26)24-15-6-9-19(22-12-15)28-16-7-4-14(21)5-8-16/h2-10,12-13,17,25H,11H2,1H3,(H2,23,24,26)/t13-,17+/m0/s1. The smallest absolute Gasteiger partial charge is 0.319 e. The molecule has 2 amide bonds. The molecule has 8 heteroatoms. The number of urea groups is 1. The van der Waals surface area contributed by atoms with E-state index in [9.17, 15) is 14.3 Å². The third kappa shape index (κ3) is 5.55. The van der Waals surface area contributed by atoms with E-state index in [2.05, 4.69) is 15.6 Å². The first-order valence-electron chi connectivity index (χ1n) is 8.68. The first kappa shape index (κ1) is 19.4. The summed E-state index contributed by atoms with van der Waals surface area (Å²) in [5, 5.41) is 15.4. The number of anilines is 1. The van der Waals surface area contributed by atoms with Crippen LogP contribution in [0.4, 0.5) is 14.9 Å². The van der Waals surface area contributed by atoms with Gasteiger partial charge in [-0.05, 0) is 49.4 Å². The maximum Gasteiger partial charge on any atom is 0.319 e. The lowest BCUT2D eigenvalue weighted by Crippen LogP contribution is -2.37. The summed E-state index contributed by atoms with van der Waals surface area (Å²) in [6.45, 7) is 1.78. The summed E-state index contributed by atoms with van der Waals surface area (Å²) in [6, 6.07) is 11.5. The van der Waals surface area contributed by atoms with Crippen LogP contribution in [0, 0.1) is 5.82 Å². The van der Waals surface area contributed by atoms with Crippen LogP contribution in [0.2, 0.25) is 0 Å². The second kappa shape index (κ2) is 9.01. The van der Waals surface area contributed by atoms with E-state index in [1.807, 2.05) is 0 Å². The highest BCUT2D eigenvalue weighted by molar-refractivity contribution is 5.89. The number of hydrogen-bond donors (Lipinski definition) is 3. The van der Waals surface area contributed by atoms with Crippen molar-refractivity contribution in [2.45, 2.75) is 25.5 Å². The molecule has 0 saturated heterocycles. The topological polar surface area (TPSA) is 96.6 Å². The lowest BCUT2D eigenvalue weighted by molar-refractivity contribution is 0.130. The summed E-state index contributed by atoms with van der Waals surface area (Å²) in [4.78, 5) is 16.2. The minimum absolute atomic E-state index is 0.283. The number of aromatic nitrogens is 1. The van der Waals surface area contributed by atoms with Gasteiger partial charge in [0.05, 0.1) is 18.1 Å². The molecule has 7 nitrogen and oxygen atoms in total. The van der Waals surface area contributed by atoms with Gasteiger partial charge in [0.2, 0.25) is 5.88 Å². The number of hydrogen-bond acceptors (Lipinski definition) is 5. The van der Waals surface area contributed by atoms with Crippen molar-refractivity contribution >= 4 is 11.7 Å². The molecule has 3 aromatic rings. The number of pyridine rings is 1. The molecule has 1 aromatic carbocycles.